The van der Waals surface area contributed by atoms with E-state index in [1.54, 1.807) is 0 Å². The zero-order valence-corrected chi connectivity index (χ0v) is 55.2. The van der Waals surface area contributed by atoms with E-state index in [2.05, 4.69) is 4.98 Å². The van der Waals surface area contributed by atoms with Crippen molar-refractivity contribution < 1.29 is 192 Å². The Hall–Kier alpha value is 6.05. The number of pyridine rings is 1. The minimum atomic E-state index is -5.41. The molecule has 0 unspecified atom stereocenters. The van der Waals surface area contributed by atoms with Crippen molar-refractivity contribution in [1.29, 1.82) is 0 Å². The molecule has 0 radical (unpaired) electrons. The third-order valence-electron chi connectivity index (χ3n) is 6.24. The van der Waals surface area contributed by atoms with Crippen molar-refractivity contribution in [3.63, 3.8) is 0 Å². The first-order chi connectivity index (χ1) is 27.2. The molecule has 0 amide bonds. The molecule has 2 aromatic rings. The van der Waals surface area contributed by atoms with Gasteiger partial charge in [0.25, 0.3) is 15.2 Å². The Morgan fingerprint density at radius 2 is 0.953 bits per heavy atom. The topological polar surface area (TPSA) is 560 Å². The standard InChI is InChI=1S/C7H9ClO6P2S.C7H11NO7P2.C3H11NO7P2.C2H8O7P2.6Na.2H/c8-5-1-3-6(4-2-5)17-7(15(9,10)11)16(12,13)14;9-7(16(10,11)12,17(13,14)15)4-6-2-1-3-8-5-6;4-2-1-3(5,12(6,7)8)13(9,10)11;1-2(3,10(4,5)6)11(7,8)9;;;;;;;;/h1-4,7H,(H2,9,10,11)(H2,12,13,14);1-3,5,9H,4H2,(H2,10,11,12)(H2,13,14,15);5H,1-2,4H2,(H2,6,7,8)(H2,9,10,11);3H,1H3,(H2,4,5,6)(H2,7,8,9);;;;;;;;/q;;;;;;;;2*+1;2*-1. The normalized spacial score (nSPS) is 12.9. The Bertz CT molecular complexity index is 1980. The van der Waals surface area contributed by atoms with E-state index in [1.807, 2.05) is 0 Å². The molecule has 0 saturated heterocycles. The van der Waals surface area contributed by atoms with Gasteiger partial charge in [-0.05, 0) is 49.4 Å². The van der Waals surface area contributed by atoms with Gasteiger partial charge >= 0.3 is 207 Å². The predicted octanol–water partition coefficient (Wildman–Crippen LogP) is -8.25. The number of hydrogen-bond donors (Lipinski definition) is 20. The van der Waals surface area contributed by atoms with Crippen molar-refractivity contribution in [2.24, 2.45) is 5.73 Å². The van der Waals surface area contributed by atoms with Crippen molar-refractivity contribution in [3.05, 3.63) is 59.4 Å². The fourth-order valence-corrected chi connectivity index (χ4v) is 12.7. The van der Waals surface area contributed by atoms with Crippen molar-refractivity contribution in [1.82, 2.24) is 4.98 Å². The quantitative estimate of drug-likeness (QED) is 0.0474. The Labute approximate surface area is 477 Å². The van der Waals surface area contributed by atoms with Gasteiger partial charge in [0, 0.05) is 35.2 Å². The van der Waals surface area contributed by atoms with Crippen LogP contribution in [0.2, 0.25) is 5.02 Å². The summed E-state index contributed by atoms with van der Waals surface area (Å²) < 4.78 is 83.7. The number of halogens is 1. The molecular formula is C19H41ClN2Na6O27P8S. The molecule has 64 heavy (non-hydrogen) atoms. The van der Waals surface area contributed by atoms with Crippen LogP contribution in [0.5, 0.6) is 0 Å². The minimum absolute atomic E-state index is 0. The average Bonchev–Trinajstić information content (AvgIpc) is 3.07. The number of hydrogen-bond acceptors (Lipinski definition) is 14. The Morgan fingerprint density at radius 3 is 1.16 bits per heavy atom. The first-order valence-electron chi connectivity index (χ1n) is 15.9. The van der Waals surface area contributed by atoms with E-state index in [0.717, 1.165) is 6.20 Å². The number of thioether (sulfide) groups is 1. The van der Waals surface area contributed by atoms with E-state index in [-0.39, 0.29) is 67.5 Å². The van der Waals surface area contributed by atoms with Gasteiger partial charge in [-0.25, -0.2) is 0 Å². The van der Waals surface area contributed by atoms with Crippen LogP contribution in [-0.4, -0.2) is 212 Å². The van der Waals surface area contributed by atoms with Crippen molar-refractivity contribution in [3.8, 4) is 0 Å². The molecule has 1 aromatic heterocycles. The molecule has 0 atom stereocenters. The third-order valence-corrected chi connectivity index (χ3v) is 23.9. The van der Waals surface area contributed by atoms with Gasteiger partial charge in [0.05, 0.1) is 0 Å². The molecule has 0 aliphatic rings. The van der Waals surface area contributed by atoms with Crippen molar-refractivity contribution in [2.75, 3.05) is 6.54 Å². The van der Waals surface area contributed by atoms with Crippen LogP contribution in [0.15, 0.2) is 53.7 Å². The number of nitrogens with two attached hydrogens (primary N) is 1. The molecule has 45 heteroatoms. The summed E-state index contributed by atoms with van der Waals surface area (Å²) in [6.07, 6.45) is 0.755. The van der Waals surface area contributed by atoms with E-state index >= 15 is 0 Å². The summed E-state index contributed by atoms with van der Waals surface area (Å²) in [5.41, 5.74) is 4.96. The molecule has 0 aliphatic heterocycles. The molecular weight excluding hydrogens is 1140 g/mol. The van der Waals surface area contributed by atoms with Gasteiger partial charge in [-0.1, -0.05) is 29.4 Å². The van der Waals surface area contributed by atoms with Gasteiger partial charge in [0.2, 0.25) is 4.73 Å². The molecule has 0 saturated carbocycles. The summed E-state index contributed by atoms with van der Waals surface area (Å²) in [5, 5.41) is 17.7. The van der Waals surface area contributed by atoms with Crippen molar-refractivity contribution >= 4 is 171 Å². The molecule has 0 aliphatic carbocycles. The first kappa shape index (κ1) is 81.4. The molecule has 21 N–H and O–H groups in total. The van der Waals surface area contributed by atoms with Crippen molar-refractivity contribution in [2.45, 2.75) is 44.6 Å². The molecule has 1 aromatic carbocycles. The monoisotopic (exact) mass is 1180 g/mol. The van der Waals surface area contributed by atoms with Gasteiger partial charge in [-0.3, -0.25) is 41.5 Å². The third kappa shape index (κ3) is 28.8. The summed E-state index contributed by atoms with van der Waals surface area (Å²) in [5.74, 6) is 0. The molecule has 0 bridgehead atoms. The van der Waals surface area contributed by atoms with E-state index in [4.69, 9.17) is 106 Å². The first-order valence-corrected chi connectivity index (χ1v) is 46.2. The van der Waals surface area contributed by atoms with Crippen LogP contribution in [0, 0.1) is 0 Å². The number of rotatable bonds is 14. The van der Waals surface area contributed by atoms with E-state index in [0.29, 0.717) is 28.6 Å². The fourth-order valence-electron chi connectivity index (χ4n) is 2.94. The average molecular weight is 1180 g/mol. The molecule has 0 fully saturated rings. The zero-order valence-electron chi connectivity index (χ0n) is 36.5. The van der Waals surface area contributed by atoms with E-state index in [9.17, 15) is 41.6 Å². The zero-order chi connectivity index (χ0) is 51.0. The molecule has 1 heterocycles. The summed E-state index contributed by atoms with van der Waals surface area (Å²) >= 11 is 11.8. The summed E-state index contributed by atoms with van der Waals surface area (Å²) in [6.45, 7) is -0.0682. The second-order valence-electron chi connectivity index (χ2n) is 10.9. The van der Waals surface area contributed by atoms with Crippen LogP contribution in [0.25, 0.3) is 0 Å². The Kier molecular flexibility index (Phi) is 43.2. The molecule has 2 rings (SSSR count). The Balaban J connectivity index is -0.000000110. The number of aliphatic hydroxyl groups is 3. The van der Waals surface area contributed by atoms with Gasteiger partial charge in [0.1, 0.15) is 0 Å². The maximum atomic E-state index is 11.0. The van der Waals surface area contributed by atoms with Crippen LogP contribution in [0.3, 0.4) is 0 Å². The fraction of sp³-hybridized carbons (Fsp3) is 0.421. The van der Waals surface area contributed by atoms with E-state index in [1.165, 1.54) is 130 Å². The van der Waals surface area contributed by atoms with Gasteiger partial charge in [-0.2, -0.15) is 0 Å². The molecule has 348 valence electrons. The van der Waals surface area contributed by atoms with Crippen LogP contribution >= 0.6 is 84.1 Å². The van der Waals surface area contributed by atoms with Gasteiger partial charge in [0.15, 0.2) is 0 Å². The van der Waals surface area contributed by atoms with Crippen LogP contribution < -0.4 is 64.8 Å². The Morgan fingerprint density at radius 1 is 0.625 bits per heavy atom. The predicted molar refractivity (Wildman–Crippen MR) is 225 cm³/mol. The SMILES string of the molecule is CC(O)(P(=O)(O)O)P(=O)(O)O.NCCC(O)(P(=O)(O)O)P(=O)(O)O.O=P(O)(O)C(O)(Cc1cccnc1)P(=O)(O)O.O=P(O)(O)C(Sc1ccc(Cl)cc1)P(=O)(O)O.[H-].[H-].[Na+].[Na+].[Na][Na].[Na][Na]. The summed E-state index contributed by atoms with van der Waals surface area (Å²) in [4.78, 5) is 142. The summed E-state index contributed by atoms with van der Waals surface area (Å²) in [6, 6.07) is 8.51. The number of nitrogens with zero attached hydrogens (tertiary/aromatic N) is 1. The molecule has 29 nitrogen and oxygen atoms in total. The van der Waals surface area contributed by atoms with Gasteiger partial charge < -0.3 is 102 Å². The summed E-state index contributed by atoms with van der Waals surface area (Å²) in [7, 11) is -41.7. The maximum absolute atomic E-state index is 11.0. The van der Waals surface area contributed by atoms with E-state index < -0.39 is 100 Å². The second-order valence-corrected chi connectivity index (χ2v) is 29.3. The van der Waals surface area contributed by atoms with Crippen LogP contribution in [0.4, 0.5) is 0 Å². The number of benzene rings is 1. The van der Waals surface area contributed by atoms with Crippen LogP contribution in [0.1, 0.15) is 21.8 Å². The second kappa shape index (κ2) is 33.9. The number of aromatic nitrogens is 1. The molecule has 0 spiro atoms. The van der Waals surface area contributed by atoms with Crippen LogP contribution in [-0.2, 0) is 42.9 Å². The van der Waals surface area contributed by atoms with Gasteiger partial charge in [-0.15, -0.1) is 0 Å².